The van der Waals surface area contributed by atoms with Gasteiger partial charge in [-0.3, -0.25) is 4.98 Å². The second kappa shape index (κ2) is 5.67. The van der Waals surface area contributed by atoms with Crippen LogP contribution in [0.5, 0.6) is 5.75 Å². The van der Waals surface area contributed by atoms with E-state index in [4.69, 9.17) is 9.72 Å². The van der Waals surface area contributed by atoms with Crippen LogP contribution >= 0.6 is 11.3 Å². The van der Waals surface area contributed by atoms with Gasteiger partial charge in [0.1, 0.15) is 10.6 Å². The lowest BCUT2D eigenvalue weighted by Crippen LogP contribution is -2.17. The minimum Gasteiger partial charge on any atom is -0.491 e. The van der Waals surface area contributed by atoms with Crippen molar-refractivity contribution in [2.45, 2.75) is 39.2 Å². The van der Waals surface area contributed by atoms with Crippen molar-refractivity contribution >= 4 is 27.2 Å². The molecule has 0 unspecified atom stereocenters. The average Bonchev–Trinajstić information content (AvgIpc) is 3.28. The summed E-state index contributed by atoms with van der Waals surface area (Å²) in [5, 5.41) is 5.51. The first kappa shape index (κ1) is 15.6. The number of rotatable bonds is 3. The third-order valence-corrected chi connectivity index (χ3v) is 5.86. The summed E-state index contributed by atoms with van der Waals surface area (Å²) in [6.07, 6.45) is 3.42. The van der Waals surface area contributed by atoms with E-state index >= 15 is 0 Å². The zero-order valence-corrected chi connectivity index (χ0v) is 15.4. The zero-order chi connectivity index (χ0) is 17.8. The van der Waals surface area contributed by atoms with E-state index in [0.29, 0.717) is 11.5 Å². The van der Waals surface area contributed by atoms with Gasteiger partial charge in [0.25, 0.3) is 0 Å². The Labute approximate surface area is 153 Å². The maximum atomic E-state index is 12.4. The third kappa shape index (κ3) is 2.34. The molecule has 1 aliphatic carbocycles. The Morgan fingerprint density at radius 2 is 2.04 bits per heavy atom. The van der Waals surface area contributed by atoms with Crippen LogP contribution in [0.3, 0.4) is 0 Å². The summed E-state index contributed by atoms with van der Waals surface area (Å²) in [6.45, 7) is 3.99. The van der Waals surface area contributed by atoms with E-state index < -0.39 is 0 Å². The number of ether oxygens (including phenoxy) is 1. The molecule has 7 heteroatoms. The van der Waals surface area contributed by atoms with Crippen LogP contribution in [0.2, 0.25) is 0 Å². The third-order valence-electron chi connectivity index (χ3n) is 4.65. The molecule has 3 aromatic heterocycles. The lowest BCUT2D eigenvalue weighted by atomic mass is 10.2. The number of H-pyrrole nitrogens is 1. The number of nitrogens with zero attached hydrogens (tertiary/aromatic N) is 3. The van der Waals surface area contributed by atoms with Gasteiger partial charge in [-0.05, 0) is 62.9 Å². The molecule has 26 heavy (non-hydrogen) atoms. The van der Waals surface area contributed by atoms with E-state index in [2.05, 4.69) is 10.1 Å². The average molecular weight is 366 g/mol. The minimum atomic E-state index is -0.245. The fourth-order valence-corrected chi connectivity index (χ4v) is 4.85. The van der Waals surface area contributed by atoms with Gasteiger partial charge in [-0.15, -0.1) is 16.4 Å². The van der Waals surface area contributed by atoms with Crippen LogP contribution in [0.1, 0.15) is 30.7 Å². The number of aryl methyl sites for hydroxylation is 2. The first-order valence-corrected chi connectivity index (χ1v) is 9.62. The molecule has 3 heterocycles. The molecule has 4 aromatic rings. The Hall–Kier alpha value is -2.67. The molecule has 0 bridgehead atoms. The number of hydrogen-bond donors (Lipinski definition) is 1. The highest BCUT2D eigenvalue weighted by molar-refractivity contribution is 7.19. The van der Waals surface area contributed by atoms with Crippen LogP contribution in [-0.4, -0.2) is 25.7 Å². The van der Waals surface area contributed by atoms with Crippen molar-refractivity contribution in [1.82, 2.24) is 19.6 Å². The highest BCUT2D eigenvalue weighted by Crippen LogP contribution is 2.37. The summed E-state index contributed by atoms with van der Waals surface area (Å²) in [5.41, 5.74) is 2.60. The van der Waals surface area contributed by atoms with Gasteiger partial charge in [-0.1, -0.05) is 0 Å². The highest BCUT2D eigenvalue weighted by atomic mass is 32.1. The first-order chi connectivity index (χ1) is 12.6. The number of benzene rings is 1. The summed E-state index contributed by atoms with van der Waals surface area (Å²) in [4.78, 5) is 22.4. The van der Waals surface area contributed by atoms with Gasteiger partial charge in [-0.25, -0.2) is 9.78 Å². The number of hydrogen-bond acceptors (Lipinski definition) is 5. The molecule has 0 saturated heterocycles. The van der Waals surface area contributed by atoms with E-state index in [0.717, 1.165) is 34.4 Å². The summed E-state index contributed by atoms with van der Waals surface area (Å²) >= 11 is 1.67. The Kier molecular flexibility index (Phi) is 3.40. The van der Waals surface area contributed by atoms with Gasteiger partial charge >= 0.3 is 5.69 Å². The van der Waals surface area contributed by atoms with Gasteiger partial charge in [0, 0.05) is 10.4 Å². The molecule has 0 atom stereocenters. The predicted molar refractivity (Wildman–Crippen MR) is 102 cm³/mol. The normalized spacial score (nSPS) is 13.8. The largest absolute Gasteiger partial charge is 0.491 e. The van der Waals surface area contributed by atoms with Crippen molar-refractivity contribution in [3.8, 4) is 17.1 Å². The molecule has 0 saturated carbocycles. The molecule has 132 valence electrons. The molecule has 1 aromatic carbocycles. The van der Waals surface area contributed by atoms with Crippen molar-refractivity contribution < 1.29 is 4.74 Å². The molecule has 1 N–H and O–H groups in total. The van der Waals surface area contributed by atoms with E-state index in [1.165, 1.54) is 21.4 Å². The molecule has 5 rings (SSSR count). The van der Waals surface area contributed by atoms with Gasteiger partial charge in [0.05, 0.1) is 11.5 Å². The van der Waals surface area contributed by atoms with E-state index in [-0.39, 0.29) is 11.8 Å². The molecule has 0 radical (unpaired) electrons. The fourth-order valence-electron chi connectivity index (χ4n) is 3.57. The number of fused-ring (bicyclic) bond motifs is 5. The van der Waals surface area contributed by atoms with E-state index in [1.54, 1.807) is 11.3 Å². The van der Waals surface area contributed by atoms with Crippen molar-refractivity contribution in [3.63, 3.8) is 0 Å². The summed E-state index contributed by atoms with van der Waals surface area (Å²) in [6, 6.07) is 7.66. The van der Waals surface area contributed by atoms with Crippen molar-refractivity contribution in [2.75, 3.05) is 0 Å². The van der Waals surface area contributed by atoms with Crippen LogP contribution in [0.4, 0.5) is 0 Å². The smallest absolute Gasteiger partial charge is 0.349 e. The standard InChI is InChI=1S/C19H18N4O2S/c1-10(2)25-12-8-6-11(7-9-12)16-20-17-15-13-4-3-5-14(13)26-18(15)21-19(24)23(17)22-16/h6-10H,3-5H2,1-2H3,(H,21,24). The Morgan fingerprint density at radius 3 is 2.81 bits per heavy atom. The quantitative estimate of drug-likeness (QED) is 0.602. The summed E-state index contributed by atoms with van der Waals surface area (Å²) in [7, 11) is 0. The fraction of sp³-hybridized carbons (Fsp3) is 0.316. The van der Waals surface area contributed by atoms with Crippen LogP contribution in [0.15, 0.2) is 29.1 Å². The SMILES string of the molecule is CC(C)Oc1ccc(-c2nc3c4c5c(sc4[nH]c(=O)n3n2)CCC5)cc1. The van der Waals surface area contributed by atoms with Crippen LogP contribution < -0.4 is 10.4 Å². The molecule has 6 nitrogen and oxygen atoms in total. The number of aromatic nitrogens is 4. The topological polar surface area (TPSA) is 72.3 Å². The maximum absolute atomic E-state index is 12.4. The predicted octanol–water partition coefficient (Wildman–Crippen LogP) is 3.58. The van der Waals surface area contributed by atoms with Gasteiger partial charge in [0.15, 0.2) is 11.5 Å². The van der Waals surface area contributed by atoms with Crippen LogP contribution in [0, 0.1) is 0 Å². The maximum Gasteiger partial charge on any atom is 0.349 e. The first-order valence-electron chi connectivity index (χ1n) is 8.80. The van der Waals surface area contributed by atoms with Crippen LogP contribution in [0.25, 0.3) is 27.3 Å². The Bertz CT molecular complexity index is 1180. The second-order valence-corrected chi connectivity index (χ2v) is 7.96. The van der Waals surface area contributed by atoms with Gasteiger partial charge in [0.2, 0.25) is 0 Å². The van der Waals surface area contributed by atoms with Crippen LogP contribution in [-0.2, 0) is 12.8 Å². The number of thiophene rings is 1. The second-order valence-electron chi connectivity index (χ2n) is 6.85. The molecule has 0 aliphatic heterocycles. The molecule has 0 fully saturated rings. The molecule has 1 aliphatic rings. The van der Waals surface area contributed by atoms with Crippen molar-refractivity contribution in [1.29, 1.82) is 0 Å². The molecular formula is C19H18N4O2S. The van der Waals surface area contributed by atoms with Crippen molar-refractivity contribution in [3.05, 3.63) is 45.2 Å². The summed E-state index contributed by atoms with van der Waals surface area (Å²) < 4.78 is 7.07. The molecular weight excluding hydrogens is 348 g/mol. The van der Waals surface area contributed by atoms with Gasteiger partial charge in [-0.2, -0.15) is 4.52 Å². The highest BCUT2D eigenvalue weighted by Gasteiger charge is 2.22. The summed E-state index contributed by atoms with van der Waals surface area (Å²) in [5.74, 6) is 1.36. The zero-order valence-electron chi connectivity index (χ0n) is 14.6. The Balaban J connectivity index is 1.67. The van der Waals surface area contributed by atoms with Crippen molar-refractivity contribution in [2.24, 2.45) is 0 Å². The monoisotopic (exact) mass is 366 g/mol. The van der Waals surface area contributed by atoms with E-state index in [9.17, 15) is 4.79 Å². The Morgan fingerprint density at radius 1 is 1.23 bits per heavy atom. The molecule has 0 amide bonds. The number of aromatic amines is 1. The van der Waals surface area contributed by atoms with E-state index in [1.807, 2.05) is 38.1 Å². The van der Waals surface area contributed by atoms with Gasteiger partial charge < -0.3 is 4.74 Å². The lowest BCUT2D eigenvalue weighted by Gasteiger charge is -2.09. The number of nitrogens with one attached hydrogen (secondary N) is 1. The minimum absolute atomic E-state index is 0.127. The molecule has 0 spiro atoms. The lowest BCUT2D eigenvalue weighted by molar-refractivity contribution is 0.242.